The number of piperazine rings is 1. The highest BCUT2D eigenvalue weighted by molar-refractivity contribution is 7.91. The molecule has 1 aromatic heterocycles. The summed E-state index contributed by atoms with van der Waals surface area (Å²) in [5.74, 6) is 0.339. The number of nitrogens with zero attached hydrogens (tertiary/aromatic N) is 2. The topological polar surface area (TPSA) is 69.7 Å². The maximum Gasteiger partial charge on any atom is 0.250 e. The van der Waals surface area contributed by atoms with Gasteiger partial charge in [-0.3, -0.25) is 9.69 Å². The zero-order valence-corrected chi connectivity index (χ0v) is 18.0. The van der Waals surface area contributed by atoms with Crippen LogP contribution in [0.25, 0.3) is 0 Å². The van der Waals surface area contributed by atoms with Crippen molar-refractivity contribution in [1.82, 2.24) is 14.5 Å². The normalized spacial score (nSPS) is 27.9. The molecular formula is C20H31N3O3S2. The Morgan fingerprint density at radius 3 is 2.29 bits per heavy atom. The lowest BCUT2D eigenvalue weighted by Crippen LogP contribution is -2.53. The van der Waals surface area contributed by atoms with Gasteiger partial charge >= 0.3 is 0 Å². The van der Waals surface area contributed by atoms with Crippen LogP contribution in [0.3, 0.4) is 0 Å². The van der Waals surface area contributed by atoms with Gasteiger partial charge in [-0.1, -0.05) is 18.9 Å². The van der Waals surface area contributed by atoms with Crippen molar-refractivity contribution in [3.63, 3.8) is 0 Å². The van der Waals surface area contributed by atoms with Crippen molar-refractivity contribution in [3.8, 4) is 0 Å². The second-order valence-corrected chi connectivity index (χ2v) is 11.3. The molecule has 2 heterocycles. The molecule has 3 fully saturated rings. The Morgan fingerprint density at radius 1 is 1.00 bits per heavy atom. The molecule has 4 rings (SSSR count). The van der Waals surface area contributed by atoms with Crippen molar-refractivity contribution in [1.29, 1.82) is 0 Å². The van der Waals surface area contributed by atoms with Gasteiger partial charge in [0.15, 0.2) is 0 Å². The summed E-state index contributed by atoms with van der Waals surface area (Å²) in [6.07, 6.45) is 8.37. The molecule has 1 N–H and O–H groups in total. The summed E-state index contributed by atoms with van der Waals surface area (Å²) in [5.41, 5.74) is 0. The summed E-state index contributed by atoms with van der Waals surface area (Å²) in [6.45, 7) is 3.71. The maximum atomic E-state index is 12.9. The molecule has 2 aliphatic carbocycles. The minimum absolute atomic E-state index is 0.0560. The van der Waals surface area contributed by atoms with Crippen molar-refractivity contribution in [2.75, 3.05) is 26.2 Å². The van der Waals surface area contributed by atoms with Gasteiger partial charge in [0, 0.05) is 44.2 Å². The Bertz CT molecular complexity index is 744. The average Bonchev–Trinajstić information content (AvgIpc) is 3.42. The Balaban J connectivity index is 1.23. The number of nitrogens with one attached hydrogen (secondary N) is 1. The van der Waals surface area contributed by atoms with Gasteiger partial charge in [-0.15, -0.1) is 11.3 Å². The number of rotatable bonds is 5. The van der Waals surface area contributed by atoms with Crippen molar-refractivity contribution < 1.29 is 13.2 Å². The smallest absolute Gasteiger partial charge is 0.250 e. The van der Waals surface area contributed by atoms with Gasteiger partial charge in [0.05, 0.1) is 0 Å². The molecule has 6 nitrogen and oxygen atoms in total. The molecule has 28 heavy (non-hydrogen) atoms. The van der Waals surface area contributed by atoms with E-state index in [4.69, 9.17) is 0 Å². The molecule has 1 aliphatic heterocycles. The third-order valence-corrected chi connectivity index (χ3v) is 9.54. The highest BCUT2D eigenvalue weighted by Gasteiger charge is 2.34. The Morgan fingerprint density at radius 2 is 1.68 bits per heavy atom. The van der Waals surface area contributed by atoms with Crippen molar-refractivity contribution in [2.24, 2.45) is 5.92 Å². The van der Waals surface area contributed by atoms with Gasteiger partial charge in [-0.2, -0.15) is 0 Å². The van der Waals surface area contributed by atoms with Gasteiger partial charge in [0.1, 0.15) is 4.21 Å². The zero-order chi connectivity index (χ0) is 19.6. The molecule has 1 amide bonds. The maximum absolute atomic E-state index is 12.9. The van der Waals surface area contributed by atoms with Crippen LogP contribution >= 0.6 is 11.3 Å². The Hall–Kier alpha value is -0.960. The lowest BCUT2D eigenvalue weighted by molar-refractivity contribution is -0.138. The van der Waals surface area contributed by atoms with E-state index >= 15 is 0 Å². The van der Waals surface area contributed by atoms with Gasteiger partial charge in [-0.05, 0) is 50.0 Å². The zero-order valence-electron chi connectivity index (χ0n) is 16.4. The molecular weight excluding hydrogens is 394 g/mol. The number of carbonyl (C=O) groups is 1. The first-order valence-electron chi connectivity index (χ1n) is 10.6. The van der Waals surface area contributed by atoms with Gasteiger partial charge in [0.2, 0.25) is 15.9 Å². The van der Waals surface area contributed by atoms with E-state index in [1.54, 1.807) is 17.5 Å². The molecule has 0 unspecified atom stereocenters. The number of thiophene rings is 1. The van der Waals surface area contributed by atoms with E-state index in [1.165, 1.54) is 37.0 Å². The highest BCUT2D eigenvalue weighted by atomic mass is 32.2. The van der Waals surface area contributed by atoms with Gasteiger partial charge in [0.25, 0.3) is 0 Å². The summed E-state index contributed by atoms with van der Waals surface area (Å²) in [4.78, 5) is 17.6. The molecule has 0 aromatic carbocycles. The second kappa shape index (κ2) is 8.81. The fourth-order valence-corrected chi connectivity index (χ4v) is 7.30. The first kappa shape index (κ1) is 20.3. The molecule has 156 valence electrons. The number of carbonyl (C=O) groups excluding carboxylic acids is 1. The van der Waals surface area contributed by atoms with E-state index < -0.39 is 10.0 Å². The van der Waals surface area contributed by atoms with E-state index in [1.807, 2.05) is 4.90 Å². The van der Waals surface area contributed by atoms with E-state index in [2.05, 4.69) is 9.62 Å². The van der Waals surface area contributed by atoms with Crippen LogP contribution in [0.4, 0.5) is 0 Å². The first-order valence-corrected chi connectivity index (χ1v) is 13.0. The standard InChI is InChI=1S/C20H31N3O3S2/c24-20(23-13-11-22(12-14-23)18-4-1-2-5-18)16-7-9-17(10-8-16)21-28(25,26)19-6-3-15-27-19/h3,6,15-18,21H,1-2,4-5,7-14H2. The third kappa shape index (κ3) is 4.61. The number of hydrogen-bond donors (Lipinski definition) is 1. The van der Waals surface area contributed by atoms with Crippen LogP contribution in [0, 0.1) is 5.92 Å². The fraction of sp³-hybridized carbons (Fsp3) is 0.750. The monoisotopic (exact) mass is 425 g/mol. The lowest BCUT2D eigenvalue weighted by Gasteiger charge is -2.40. The minimum atomic E-state index is -3.42. The van der Waals surface area contributed by atoms with Crippen LogP contribution in [0.1, 0.15) is 51.4 Å². The van der Waals surface area contributed by atoms with Crippen LogP contribution in [0.5, 0.6) is 0 Å². The molecule has 0 atom stereocenters. The van der Waals surface area contributed by atoms with Crippen LogP contribution in [-0.4, -0.2) is 62.4 Å². The van der Waals surface area contributed by atoms with E-state index in [0.717, 1.165) is 57.9 Å². The summed E-state index contributed by atoms with van der Waals surface area (Å²) >= 11 is 1.24. The minimum Gasteiger partial charge on any atom is -0.340 e. The average molecular weight is 426 g/mol. The summed E-state index contributed by atoms with van der Waals surface area (Å²) in [6, 6.07) is 4.06. The largest absolute Gasteiger partial charge is 0.340 e. The van der Waals surface area contributed by atoms with Crippen molar-refractivity contribution >= 4 is 27.3 Å². The number of hydrogen-bond acceptors (Lipinski definition) is 5. The first-order chi connectivity index (χ1) is 13.5. The Labute approximate surface area is 172 Å². The summed E-state index contributed by atoms with van der Waals surface area (Å²) in [7, 11) is -3.42. The molecule has 0 radical (unpaired) electrons. The molecule has 3 aliphatic rings. The van der Waals surface area contributed by atoms with Gasteiger partial charge in [-0.25, -0.2) is 13.1 Å². The van der Waals surface area contributed by atoms with E-state index in [-0.39, 0.29) is 17.9 Å². The predicted octanol–water partition coefficient (Wildman–Crippen LogP) is 2.67. The second-order valence-electron chi connectivity index (χ2n) is 8.40. The molecule has 8 heteroatoms. The lowest BCUT2D eigenvalue weighted by atomic mass is 9.85. The van der Waals surface area contributed by atoms with E-state index in [0.29, 0.717) is 4.21 Å². The van der Waals surface area contributed by atoms with Crippen LogP contribution in [0.2, 0.25) is 0 Å². The molecule has 2 saturated carbocycles. The van der Waals surface area contributed by atoms with Crippen molar-refractivity contribution in [3.05, 3.63) is 17.5 Å². The van der Waals surface area contributed by atoms with Crippen LogP contribution in [0.15, 0.2) is 21.7 Å². The molecule has 1 saturated heterocycles. The summed E-state index contributed by atoms with van der Waals surface area (Å²) < 4.78 is 28.0. The van der Waals surface area contributed by atoms with Gasteiger partial charge < -0.3 is 4.90 Å². The van der Waals surface area contributed by atoms with Crippen LogP contribution in [-0.2, 0) is 14.8 Å². The Kier molecular flexibility index (Phi) is 6.40. The van der Waals surface area contributed by atoms with Crippen molar-refractivity contribution in [2.45, 2.75) is 67.7 Å². The third-order valence-electron chi connectivity index (χ3n) is 6.63. The number of amides is 1. The van der Waals surface area contributed by atoms with E-state index in [9.17, 15) is 13.2 Å². The summed E-state index contributed by atoms with van der Waals surface area (Å²) in [5, 5.41) is 1.77. The predicted molar refractivity (Wildman–Crippen MR) is 111 cm³/mol. The molecule has 0 bridgehead atoms. The fourth-order valence-electron chi connectivity index (χ4n) is 4.99. The number of sulfonamides is 1. The highest BCUT2D eigenvalue weighted by Crippen LogP contribution is 2.29. The molecule has 0 spiro atoms. The quantitative estimate of drug-likeness (QED) is 0.787. The SMILES string of the molecule is O=C(C1CCC(NS(=O)(=O)c2cccs2)CC1)N1CCN(C2CCCC2)CC1. The van der Waals surface area contributed by atoms with Crippen LogP contribution < -0.4 is 4.72 Å². The molecule has 1 aromatic rings.